The van der Waals surface area contributed by atoms with E-state index in [1.807, 2.05) is 12.3 Å². The van der Waals surface area contributed by atoms with Crippen LogP contribution in [-0.2, 0) is 0 Å². The number of nitrogens with zero attached hydrogens (tertiary/aromatic N) is 5. The van der Waals surface area contributed by atoms with Crippen molar-refractivity contribution in [2.45, 2.75) is 38.3 Å². The van der Waals surface area contributed by atoms with Gasteiger partial charge in [-0.3, -0.25) is 4.57 Å². The van der Waals surface area contributed by atoms with Crippen molar-refractivity contribution in [1.82, 2.24) is 29.3 Å². The molecule has 2 aliphatic heterocycles. The smallest absolute Gasteiger partial charge is 0.326 e. The Morgan fingerprint density at radius 1 is 1.34 bits per heavy atom. The van der Waals surface area contributed by atoms with Gasteiger partial charge in [0.05, 0.1) is 29.3 Å². The summed E-state index contributed by atoms with van der Waals surface area (Å²) in [5, 5.41) is 10.2. The number of fused-ring (bicyclic) bond motifs is 3. The number of nitriles is 1. The third kappa shape index (κ3) is 2.70. The van der Waals surface area contributed by atoms with Crippen LogP contribution in [0.5, 0.6) is 0 Å². The molecule has 5 heterocycles. The highest BCUT2D eigenvalue weighted by Crippen LogP contribution is 2.32. The second kappa shape index (κ2) is 6.65. The molecule has 2 saturated heterocycles. The Morgan fingerprint density at radius 3 is 3.03 bits per heavy atom. The largest absolute Gasteiger partial charge is 0.346 e. The van der Waals surface area contributed by atoms with E-state index in [-0.39, 0.29) is 29.7 Å². The van der Waals surface area contributed by atoms with E-state index in [0.717, 1.165) is 35.8 Å². The normalized spacial score (nSPS) is 25.0. The van der Waals surface area contributed by atoms with Crippen LogP contribution in [0.4, 0.5) is 4.79 Å². The fourth-order valence-electron chi connectivity index (χ4n) is 4.81. The van der Waals surface area contributed by atoms with Crippen LogP contribution in [-0.4, -0.2) is 61.0 Å². The average molecular weight is 393 g/mol. The Labute approximate surface area is 166 Å². The summed E-state index contributed by atoms with van der Waals surface area (Å²) >= 11 is 0. The number of urea groups is 1. The van der Waals surface area contributed by atoms with Gasteiger partial charge in [-0.15, -0.1) is 0 Å². The van der Waals surface area contributed by atoms with Gasteiger partial charge in [-0.1, -0.05) is 6.92 Å². The Kier molecular flexibility index (Phi) is 4.08. The van der Waals surface area contributed by atoms with Crippen LogP contribution >= 0.6 is 0 Å². The van der Waals surface area contributed by atoms with Crippen LogP contribution in [0.1, 0.15) is 32.2 Å². The second-order valence-corrected chi connectivity index (χ2v) is 8.10. The molecule has 9 nitrogen and oxygen atoms in total. The molecule has 2 aliphatic rings. The molecule has 9 heteroatoms. The summed E-state index contributed by atoms with van der Waals surface area (Å²) in [4.78, 5) is 39.9. The van der Waals surface area contributed by atoms with Crippen molar-refractivity contribution in [2.75, 3.05) is 19.6 Å². The van der Waals surface area contributed by atoms with E-state index in [0.29, 0.717) is 25.2 Å². The van der Waals surface area contributed by atoms with E-state index in [1.54, 1.807) is 20.6 Å². The van der Waals surface area contributed by atoms with Crippen LogP contribution < -0.4 is 5.69 Å². The van der Waals surface area contributed by atoms with E-state index >= 15 is 0 Å². The van der Waals surface area contributed by atoms with Crippen molar-refractivity contribution >= 4 is 28.1 Å². The molecule has 3 aromatic rings. The third-order valence-electron chi connectivity index (χ3n) is 6.43. The second-order valence-electron chi connectivity index (χ2n) is 8.10. The van der Waals surface area contributed by atoms with Crippen molar-refractivity contribution < 1.29 is 4.79 Å². The van der Waals surface area contributed by atoms with E-state index in [4.69, 9.17) is 0 Å². The number of nitrogens with one attached hydrogen (secondary N) is 2. The Morgan fingerprint density at radius 2 is 2.21 bits per heavy atom. The number of aromatic amines is 2. The van der Waals surface area contributed by atoms with Crippen LogP contribution in [0.2, 0.25) is 0 Å². The molecular formula is C20H23N7O2. The molecule has 0 unspecified atom stereocenters. The molecule has 0 bridgehead atoms. The predicted octanol–water partition coefficient (Wildman–Crippen LogP) is 2.20. The summed E-state index contributed by atoms with van der Waals surface area (Å²) in [6, 6.07) is 3.59. The minimum Gasteiger partial charge on any atom is -0.346 e. The molecule has 29 heavy (non-hydrogen) atoms. The van der Waals surface area contributed by atoms with Gasteiger partial charge in [0.25, 0.3) is 0 Å². The van der Waals surface area contributed by atoms with Crippen molar-refractivity contribution in [3.8, 4) is 6.07 Å². The molecule has 3 atom stereocenters. The fraction of sp³-hybridized carbons (Fsp3) is 0.500. The molecule has 2 fully saturated rings. The molecule has 2 amide bonds. The quantitative estimate of drug-likeness (QED) is 0.660. The molecule has 5 rings (SSSR count). The number of carbonyl (C=O) groups is 1. The molecule has 0 aliphatic carbocycles. The average Bonchev–Trinajstić information content (AvgIpc) is 3.44. The Balaban J connectivity index is 1.53. The van der Waals surface area contributed by atoms with Gasteiger partial charge in [-0.25, -0.2) is 14.6 Å². The third-order valence-corrected chi connectivity index (χ3v) is 6.43. The molecule has 0 saturated carbocycles. The summed E-state index contributed by atoms with van der Waals surface area (Å²) < 4.78 is 1.79. The minimum absolute atomic E-state index is 0.0905. The van der Waals surface area contributed by atoms with Gasteiger partial charge in [0.1, 0.15) is 11.7 Å². The number of piperidine rings is 1. The highest BCUT2D eigenvalue weighted by molar-refractivity contribution is 6.01. The monoisotopic (exact) mass is 393 g/mol. The van der Waals surface area contributed by atoms with Crippen molar-refractivity contribution in [3.63, 3.8) is 0 Å². The highest BCUT2D eigenvalue weighted by atomic mass is 16.2. The summed E-state index contributed by atoms with van der Waals surface area (Å²) in [7, 11) is 0. The first-order valence-electron chi connectivity index (χ1n) is 10.1. The lowest BCUT2D eigenvalue weighted by Crippen LogP contribution is -2.51. The lowest BCUT2D eigenvalue weighted by Gasteiger charge is -2.39. The van der Waals surface area contributed by atoms with Crippen LogP contribution in [0, 0.1) is 17.2 Å². The molecule has 0 radical (unpaired) electrons. The molecule has 2 N–H and O–H groups in total. The standard InChI is InChI=1S/C20H23N7O2/c1-12-5-8-25(20(29)26-7-2-3-13(26)9-21)11-16(12)27-17-14-4-6-22-18(14)23-10-15(17)24-19(27)28/h4,6,10,12-13,16H,2-3,5,7-8,11H2,1H3,(H,22,23)(H,24,28)/t12-,13+,16+/m0/s1. The molecule has 150 valence electrons. The maximum absolute atomic E-state index is 13.1. The van der Waals surface area contributed by atoms with Crippen LogP contribution in [0.25, 0.3) is 22.1 Å². The molecular weight excluding hydrogens is 370 g/mol. The van der Waals surface area contributed by atoms with Crippen molar-refractivity contribution in [3.05, 3.63) is 28.9 Å². The lowest BCUT2D eigenvalue weighted by molar-refractivity contribution is 0.113. The number of rotatable bonds is 1. The number of carbonyl (C=O) groups excluding carboxylic acids is 1. The Hall–Kier alpha value is -3.28. The zero-order chi connectivity index (χ0) is 20.1. The van der Waals surface area contributed by atoms with Crippen molar-refractivity contribution in [2.24, 2.45) is 5.92 Å². The van der Waals surface area contributed by atoms with E-state index in [2.05, 4.69) is 27.9 Å². The number of H-pyrrole nitrogens is 2. The number of hydrogen-bond donors (Lipinski definition) is 2. The number of aromatic nitrogens is 4. The molecule has 0 spiro atoms. The first kappa shape index (κ1) is 17.8. The van der Waals surface area contributed by atoms with Gasteiger partial charge >= 0.3 is 11.7 Å². The fourth-order valence-corrected chi connectivity index (χ4v) is 4.81. The highest BCUT2D eigenvalue weighted by Gasteiger charge is 2.37. The van der Waals surface area contributed by atoms with E-state index < -0.39 is 0 Å². The number of hydrogen-bond acceptors (Lipinski definition) is 4. The number of pyridine rings is 1. The van der Waals surface area contributed by atoms with Gasteiger partial charge in [0.2, 0.25) is 0 Å². The van der Waals surface area contributed by atoms with Gasteiger partial charge < -0.3 is 19.8 Å². The number of amides is 2. The lowest BCUT2D eigenvalue weighted by atomic mass is 9.93. The van der Waals surface area contributed by atoms with E-state index in [9.17, 15) is 14.9 Å². The number of imidazole rings is 1. The van der Waals surface area contributed by atoms with Gasteiger partial charge in [0, 0.05) is 31.2 Å². The summed E-state index contributed by atoms with van der Waals surface area (Å²) in [6.45, 7) is 3.84. The summed E-state index contributed by atoms with van der Waals surface area (Å²) in [6.07, 6.45) is 5.88. The Bertz CT molecular complexity index is 1180. The van der Waals surface area contributed by atoms with Crippen LogP contribution in [0.3, 0.4) is 0 Å². The molecule has 3 aromatic heterocycles. The summed E-state index contributed by atoms with van der Waals surface area (Å²) in [5.41, 5.74) is 2.07. The maximum atomic E-state index is 13.1. The van der Waals surface area contributed by atoms with Crippen LogP contribution in [0.15, 0.2) is 23.3 Å². The predicted molar refractivity (Wildman–Crippen MR) is 107 cm³/mol. The first-order valence-corrected chi connectivity index (χ1v) is 10.1. The maximum Gasteiger partial charge on any atom is 0.326 e. The zero-order valence-electron chi connectivity index (χ0n) is 16.3. The SMILES string of the molecule is C[C@H]1CCN(C(=O)N2CCC[C@@H]2C#N)C[C@H]1n1c(=O)[nH]c2cnc3[nH]ccc3c21. The van der Waals surface area contributed by atoms with E-state index in [1.165, 1.54) is 0 Å². The topological polar surface area (TPSA) is 114 Å². The zero-order valence-corrected chi connectivity index (χ0v) is 16.3. The van der Waals surface area contributed by atoms with Gasteiger partial charge in [-0.2, -0.15) is 5.26 Å². The first-order chi connectivity index (χ1) is 14.1. The minimum atomic E-state index is -0.346. The van der Waals surface area contributed by atoms with Crippen molar-refractivity contribution in [1.29, 1.82) is 5.26 Å². The van der Waals surface area contributed by atoms with Gasteiger partial charge in [-0.05, 0) is 31.2 Å². The molecule has 0 aromatic carbocycles. The number of likely N-dealkylation sites (tertiary alicyclic amines) is 2. The summed E-state index contributed by atoms with van der Waals surface area (Å²) in [5.74, 6) is 0.239. The van der Waals surface area contributed by atoms with Gasteiger partial charge in [0.15, 0.2) is 0 Å².